The molecule has 0 spiro atoms. The Morgan fingerprint density at radius 1 is 0.762 bits per heavy atom. The van der Waals surface area contributed by atoms with Crippen LogP contribution < -0.4 is 10.5 Å². The lowest BCUT2D eigenvalue weighted by molar-refractivity contribution is 0.598. The Hall–Kier alpha value is -2.37. The standard InChI is InChI=1S/C16H14N2O2S/c17-21(19,20)16-9-7-14(8-10-16)18-15-6-5-12-3-1-2-4-13(12)11-15/h1-11,18H,(H2,17,19,20). The summed E-state index contributed by atoms with van der Waals surface area (Å²) in [4.78, 5) is 0.103. The lowest BCUT2D eigenvalue weighted by Gasteiger charge is -2.08. The van der Waals surface area contributed by atoms with E-state index in [0.717, 1.165) is 16.8 Å². The zero-order valence-corrected chi connectivity index (χ0v) is 12.0. The first-order valence-corrected chi connectivity index (χ1v) is 7.96. The highest BCUT2D eigenvalue weighted by Gasteiger charge is 2.06. The Bertz CT molecular complexity index is 888. The molecule has 0 aliphatic carbocycles. The molecule has 0 heterocycles. The van der Waals surface area contributed by atoms with E-state index >= 15 is 0 Å². The fourth-order valence-electron chi connectivity index (χ4n) is 2.16. The molecule has 106 valence electrons. The molecule has 0 saturated carbocycles. The minimum Gasteiger partial charge on any atom is -0.356 e. The number of rotatable bonds is 3. The third kappa shape index (κ3) is 3.04. The van der Waals surface area contributed by atoms with Crippen LogP contribution in [0.1, 0.15) is 0 Å². The molecular formula is C16H14N2O2S. The maximum absolute atomic E-state index is 11.2. The molecule has 0 aliphatic rings. The van der Waals surface area contributed by atoms with E-state index in [1.54, 1.807) is 12.1 Å². The van der Waals surface area contributed by atoms with Gasteiger partial charge in [-0.1, -0.05) is 30.3 Å². The van der Waals surface area contributed by atoms with Gasteiger partial charge in [0.05, 0.1) is 4.90 Å². The SMILES string of the molecule is NS(=O)(=O)c1ccc(Nc2ccc3ccccc3c2)cc1. The fourth-order valence-corrected chi connectivity index (χ4v) is 2.68. The molecule has 21 heavy (non-hydrogen) atoms. The minimum atomic E-state index is -3.65. The van der Waals surface area contributed by atoms with Gasteiger partial charge in [-0.25, -0.2) is 13.6 Å². The third-order valence-electron chi connectivity index (χ3n) is 3.22. The van der Waals surface area contributed by atoms with Gasteiger partial charge in [-0.15, -0.1) is 0 Å². The van der Waals surface area contributed by atoms with Crippen molar-refractivity contribution in [3.63, 3.8) is 0 Å². The van der Waals surface area contributed by atoms with Crippen molar-refractivity contribution in [3.8, 4) is 0 Å². The van der Waals surface area contributed by atoms with E-state index in [-0.39, 0.29) is 4.90 Å². The Kier molecular flexibility index (Phi) is 3.37. The van der Waals surface area contributed by atoms with Crippen LogP contribution in [0.25, 0.3) is 10.8 Å². The number of hydrogen-bond acceptors (Lipinski definition) is 3. The van der Waals surface area contributed by atoms with Gasteiger partial charge in [-0.2, -0.15) is 0 Å². The van der Waals surface area contributed by atoms with Gasteiger partial charge in [-0.3, -0.25) is 0 Å². The van der Waals surface area contributed by atoms with Crippen molar-refractivity contribution in [2.75, 3.05) is 5.32 Å². The Labute approximate surface area is 123 Å². The Balaban J connectivity index is 1.88. The number of sulfonamides is 1. The summed E-state index contributed by atoms with van der Waals surface area (Å²) in [5.74, 6) is 0. The van der Waals surface area contributed by atoms with Crippen molar-refractivity contribution in [3.05, 3.63) is 66.7 Å². The molecule has 0 aliphatic heterocycles. The highest BCUT2D eigenvalue weighted by Crippen LogP contribution is 2.23. The second kappa shape index (κ2) is 5.20. The molecule has 0 bridgehead atoms. The number of hydrogen-bond donors (Lipinski definition) is 2. The van der Waals surface area contributed by atoms with Crippen LogP contribution >= 0.6 is 0 Å². The van der Waals surface area contributed by atoms with Gasteiger partial charge in [0.25, 0.3) is 0 Å². The predicted octanol–water partition coefficient (Wildman–Crippen LogP) is 3.23. The van der Waals surface area contributed by atoms with Crippen LogP contribution in [-0.4, -0.2) is 8.42 Å². The van der Waals surface area contributed by atoms with Crippen molar-refractivity contribution in [2.24, 2.45) is 5.14 Å². The van der Waals surface area contributed by atoms with Crippen LogP contribution in [-0.2, 0) is 10.0 Å². The normalized spacial score (nSPS) is 11.5. The third-order valence-corrected chi connectivity index (χ3v) is 4.15. The number of benzene rings is 3. The van der Waals surface area contributed by atoms with Gasteiger partial charge < -0.3 is 5.32 Å². The molecule has 0 saturated heterocycles. The lowest BCUT2D eigenvalue weighted by Crippen LogP contribution is -2.11. The molecule has 3 N–H and O–H groups in total. The van der Waals surface area contributed by atoms with Crippen LogP contribution in [0.15, 0.2) is 71.6 Å². The van der Waals surface area contributed by atoms with Crippen molar-refractivity contribution in [1.82, 2.24) is 0 Å². The van der Waals surface area contributed by atoms with Crippen LogP contribution in [0.3, 0.4) is 0 Å². The minimum absolute atomic E-state index is 0.103. The summed E-state index contributed by atoms with van der Waals surface area (Å²) < 4.78 is 22.4. The highest BCUT2D eigenvalue weighted by atomic mass is 32.2. The monoisotopic (exact) mass is 298 g/mol. The first kappa shape index (κ1) is 13.6. The van der Waals surface area contributed by atoms with Gasteiger partial charge in [0.2, 0.25) is 10.0 Å². The molecule has 3 rings (SSSR count). The summed E-state index contributed by atoms with van der Waals surface area (Å²) >= 11 is 0. The van der Waals surface area contributed by atoms with E-state index in [1.165, 1.54) is 17.5 Å². The van der Waals surface area contributed by atoms with Crippen LogP contribution in [0.2, 0.25) is 0 Å². The summed E-state index contributed by atoms with van der Waals surface area (Å²) in [5.41, 5.74) is 1.75. The van der Waals surface area contributed by atoms with Crippen molar-refractivity contribution in [2.45, 2.75) is 4.90 Å². The lowest BCUT2D eigenvalue weighted by atomic mass is 10.1. The summed E-state index contributed by atoms with van der Waals surface area (Å²) in [6.45, 7) is 0. The van der Waals surface area contributed by atoms with Crippen molar-refractivity contribution < 1.29 is 8.42 Å². The number of anilines is 2. The molecule has 0 amide bonds. The van der Waals surface area contributed by atoms with Crippen LogP contribution in [0.4, 0.5) is 11.4 Å². The average molecular weight is 298 g/mol. The molecule has 0 unspecified atom stereocenters. The molecule has 5 heteroatoms. The molecular weight excluding hydrogens is 284 g/mol. The molecule has 0 aromatic heterocycles. The van der Waals surface area contributed by atoms with Crippen molar-refractivity contribution >= 4 is 32.2 Å². The van der Waals surface area contributed by atoms with Gasteiger partial charge in [-0.05, 0) is 47.2 Å². The van der Waals surface area contributed by atoms with E-state index in [0.29, 0.717) is 0 Å². The van der Waals surface area contributed by atoms with Gasteiger partial charge in [0.1, 0.15) is 0 Å². The summed E-state index contributed by atoms with van der Waals surface area (Å²) in [6.07, 6.45) is 0. The largest absolute Gasteiger partial charge is 0.356 e. The average Bonchev–Trinajstić information content (AvgIpc) is 2.47. The van der Waals surface area contributed by atoms with Gasteiger partial charge in [0.15, 0.2) is 0 Å². The first-order valence-electron chi connectivity index (χ1n) is 6.41. The summed E-state index contributed by atoms with van der Waals surface area (Å²) in [7, 11) is -3.65. The summed E-state index contributed by atoms with van der Waals surface area (Å²) in [6, 6.07) is 20.5. The quantitative estimate of drug-likeness (QED) is 0.779. The number of nitrogens with one attached hydrogen (secondary N) is 1. The van der Waals surface area contributed by atoms with Crippen LogP contribution in [0, 0.1) is 0 Å². The number of primary sulfonamides is 1. The highest BCUT2D eigenvalue weighted by molar-refractivity contribution is 7.89. The molecule has 0 atom stereocenters. The maximum Gasteiger partial charge on any atom is 0.238 e. The van der Waals surface area contributed by atoms with E-state index in [9.17, 15) is 8.42 Å². The second-order valence-electron chi connectivity index (χ2n) is 4.76. The zero-order chi connectivity index (χ0) is 14.9. The van der Waals surface area contributed by atoms with Gasteiger partial charge in [0, 0.05) is 11.4 Å². The first-order chi connectivity index (χ1) is 10.0. The molecule has 0 radical (unpaired) electrons. The van der Waals surface area contributed by atoms with E-state index in [1.807, 2.05) is 36.4 Å². The predicted molar refractivity (Wildman–Crippen MR) is 85.0 cm³/mol. The maximum atomic E-state index is 11.2. The van der Waals surface area contributed by atoms with Crippen LogP contribution in [0.5, 0.6) is 0 Å². The number of nitrogens with two attached hydrogens (primary N) is 1. The van der Waals surface area contributed by atoms with E-state index in [2.05, 4.69) is 11.4 Å². The summed E-state index contributed by atoms with van der Waals surface area (Å²) in [5, 5.41) is 10.6. The molecule has 4 nitrogen and oxygen atoms in total. The Morgan fingerprint density at radius 3 is 2.05 bits per heavy atom. The van der Waals surface area contributed by atoms with E-state index in [4.69, 9.17) is 5.14 Å². The smallest absolute Gasteiger partial charge is 0.238 e. The Morgan fingerprint density at radius 2 is 1.38 bits per heavy atom. The molecule has 0 fully saturated rings. The van der Waals surface area contributed by atoms with Gasteiger partial charge >= 0.3 is 0 Å². The molecule has 3 aromatic carbocycles. The van der Waals surface area contributed by atoms with E-state index < -0.39 is 10.0 Å². The van der Waals surface area contributed by atoms with Crippen molar-refractivity contribution in [1.29, 1.82) is 0 Å². The second-order valence-corrected chi connectivity index (χ2v) is 6.32. The molecule has 3 aromatic rings. The fraction of sp³-hybridized carbons (Fsp3) is 0. The topological polar surface area (TPSA) is 72.2 Å². The zero-order valence-electron chi connectivity index (χ0n) is 11.2. The number of fused-ring (bicyclic) bond motifs is 1.